The Balaban J connectivity index is 1.60. The van der Waals surface area contributed by atoms with E-state index in [1.165, 1.54) is 43.1 Å². The quantitative estimate of drug-likeness (QED) is 0.167. The Morgan fingerprint density at radius 2 is 0.750 bits per heavy atom. The Labute approximate surface area is 204 Å². The molecular weight excluding hydrogens is 440 g/mol. The molecule has 166 valence electrons. The molecule has 2 nitrogen and oxygen atoms in total. The fraction of sp³-hybridized carbons (Fsp3) is 0. The summed E-state index contributed by atoms with van der Waals surface area (Å²) in [5.41, 5.74) is 3.55. The molecule has 9 rings (SSSR count). The normalized spacial score (nSPS) is 12.4. The zero-order valence-electron chi connectivity index (χ0n) is 19.2. The maximum Gasteiger partial charge on any atom is 0.136 e. The Morgan fingerprint density at radius 3 is 1.25 bits per heavy atom. The molecule has 0 N–H and O–H groups in total. The lowest BCUT2D eigenvalue weighted by Crippen LogP contribution is -1.88. The predicted octanol–water partition coefficient (Wildman–Crippen LogP) is 10.1. The Morgan fingerprint density at radius 1 is 0.306 bits per heavy atom. The molecule has 0 saturated carbocycles. The van der Waals surface area contributed by atoms with Crippen molar-refractivity contribution in [3.63, 3.8) is 0 Å². The molecule has 0 aliphatic rings. The summed E-state index contributed by atoms with van der Waals surface area (Å²) in [4.78, 5) is 0. The van der Waals surface area contributed by atoms with Crippen LogP contribution in [0.2, 0.25) is 0 Å². The van der Waals surface area contributed by atoms with E-state index in [-0.39, 0.29) is 0 Å². The molecule has 0 spiro atoms. The molecule has 2 aromatic heterocycles. The molecule has 0 saturated heterocycles. The van der Waals surface area contributed by atoms with Gasteiger partial charge in [0.15, 0.2) is 0 Å². The highest BCUT2D eigenvalue weighted by Crippen LogP contribution is 2.43. The van der Waals surface area contributed by atoms with Crippen LogP contribution in [0.5, 0.6) is 0 Å². The van der Waals surface area contributed by atoms with Gasteiger partial charge in [-0.25, -0.2) is 0 Å². The van der Waals surface area contributed by atoms with Crippen molar-refractivity contribution in [1.29, 1.82) is 0 Å². The summed E-state index contributed by atoms with van der Waals surface area (Å²) in [7, 11) is 0. The third-order valence-corrected chi connectivity index (χ3v) is 7.76. The lowest BCUT2D eigenvalue weighted by atomic mass is 9.93. The van der Waals surface area contributed by atoms with Gasteiger partial charge in [0.05, 0.1) is 0 Å². The minimum Gasteiger partial charge on any atom is -0.456 e. The molecule has 0 unspecified atom stereocenters. The maximum atomic E-state index is 6.60. The van der Waals surface area contributed by atoms with Crippen molar-refractivity contribution in [2.24, 2.45) is 0 Å². The Bertz CT molecular complexity index is 2200. The molecule has 0 aliphatic carbocycles. The predicted molar refractivity (Wildman–Crippen MR) is 151 cm³/mol. The van der Waals surface area contributed by atoms with Crippen LogP contribution < -0.4 is 0 Å². The van der Waals surface area contributed by atoms with Crippen molar-refractivity contribution in [3.8, 4) is 0 Å². The Kier molecular flexibility index (Phi) is 3.31. The lowest BCUT2D eigenvalue weighted by Gasteiger charge is -2.15. The third kappa shape index (κ3) is 2.26. The molecule has 0 amide bonds. The van der Waals surface area contributed by atoms with Crippen LogP contribution in [-0.4, -0.2) is 0 Å². The molecule has 0 radical (unpaired) electrons. The molecule has 2 heteroatoms. The average molecular weight is 459 g/mol. The van der Waals surface area contributed by atoms with E-state index in [4.69, 9.17) is 8.83 Å². The molecule has 0 fully saturated rings. The van der Waals surface area contributed by atoms with Gasteiger partial charge in [0, 0.05) is 32.3 Å². The lowest BCUT2D eigenvalue weighted by molar-refractivity contribution is 0.655. The van der Waals surface area contributed by atoms with E-state index in [1.807, 2.05) is 0 Å². The summed E-state index contributed by atoms with van der Waals surface area (Å²) in [6.07, 6.45) is 0. The zero-order valence-corrected chi connectivity index (χ0v) is 19.2. The first-order chi connectivity index (χ1) is 17.8. The van der Waals surface area contributed by atoms with Gasteiger partial charge in [-0.15, -0.1) is 0 Å². The van der Waals surface area contributed by atoms with Crippen LogP contribution in [0.1, 0.15) is 0 Å². The smallest absolute Gasteiger partial charge is 0.136 e. The van der Waals surface area contributed by atoms with Gasteiger partial charge in [-0.05, 0) is 68.7 Å². The van der Waals surface area contributed by atoms with Crippen LogP contribution >= 0.6 is 0 Å². The van der Waals surface area contributed by atoms with Gasteiger partial charge in [-0.1, -0.05) is 72.8 Å². The van der Waals surface area contributed by atoms with Crippen molar-refractivity contribution < 1.29 is 8.83 Å². The molecule has 36 heavy (non-hydrogen) atoms. The zero-order chi connectivity index (χ0) is 23.4. The molecule has 0 bridgehead atoms. The number of fused-ring (bicyclic) bond motifs is 8. The van der Waals surface area contributed by atoms with Crippen LogP contribution in [0.15, 0.2) is 118 Å². The van der Waals surface area contributed by atoms with Gasteiger partial charge in [-0.3, -0.25) is 0 Å². The SMILES string of the molecule is c1ccc2c(c1)cc1cccc3oc4cc5c(cc4c2c13)oc1cccc2cc3ccccc3c5c21. The summed E-state index contributed by atoms with van der Waals surface area (Å²) in [6.45, 7) is 0. The molecule has 0 atom stereocenters. The second-order valence-corrected chi connectivity index (χ2v) is 9.70. The van der Waals surface area contributed by atoms with E-state index in [9.17, 15) is 0 Å². The summed E-state index contributed by atoms with van der Waals surface area (Å²) in [5, 5.41) is 14.2. The number of benzene rings is 7. The first-order valence-corrected chi connectivity index (χ1v) is 12.3. The van der Waals surface area contributed by atoms with E-state index < -0.39 is 0 Å². The van der Waals surface area contributed by atoms with Crippen LogP contribution in [0, 0.1) is 0 Å². The summed E-state index contributed by atoms with van der Waals surface area (Å²) >= 11 is 0. The summed E-state index contributed by atoms with van der Waals surface area (Å²) in [6, 6.07) is 38.7. The van der Waals surface area contributed by atoms with E-state index in [2.05, 4.69) is 109 Å². The van der Waals surface area contributed by atoms with Crippen LogP contribution in [-0.2, 0) is 0 Å². The standard InChI is InChI=1S/C34H18O2/c1-3-11-23-19(7-1)15-21-9-5-13-27-31(21)33(23)25-17-30-26(18-29(25)35-27)34-24-12-4-2-8-20(24)16-22-10-6-14-28(36-30)32(22)34/h1-18H. The van der Waals surface area contributed by atoms with Crippen molar-refractivity contribution in [2.45, 2.75) is 0 Å². The summed E-state index contributed by atoms with van der Waals surface area (Å²) in [5.74, 6) is 0. The highest BCUT2D eigenvalue weighted by molar-refractivity contribution is 6.32. The molecular formula is C34H18O2. The largest absolute Gasteiger partial charge is 0.456 e. The van der Waals surface area contributed by atoms with Crippen LogP contribution in [0.25, 0.3) is 87.0 Å². The topological polar surface area (TPSA) is 26.3 Å². The highest BCUT2D eigenvalue weighted by atomic mass is 16.3. The maximum absolute atomic E-state index is 6.60. The number of hydrogen-bond donors (Lipinski definition) is 0. The van der Waals surface area contributed by atoms with Crippen molar-refractivity contribution in [2.75, 3.05) is 0 Å². The first kappa shape index (κ1) is 18.5. The van der Waals surface area contributed by atoms with Gasteiger partial charge >= 0.3 is 0 Å². The second kappa shape index (κ2) is 6.44. The molecule has 7 aromatic carbocycles. The van der Waals surface area contributed by atoms with Crippen LogP contribution in [0.3, 0.4) is 0 Å². The monoisotopic (exact) mass is 458 g/mol. The van der Waals surface area contributed by atoms with Gasteiger partial charge in [0.1, 0.15) is 22.3 Å². The van der Waals surface area contributed by atoms with Gasteiger partial charge in [0.25, 0.3) is 0 Å². The van der Waals surface area contributed by atoms with E-state index in [1.54, 1.807) is 0 Å². The minimum atomic E-state index is 0.870. The van der Waals surface area contributed by atoms with E-state index in [0.717, 1.165) is 43.9 Å². The van der Waals surface area contributed by atoms with Crippen LogP contribution in [0.4, 0.5) is 0 Å². The van der Waals surface area contributed by atoms with Gasteiger partial charge < -0.3 is 8.83 Å². The van der Waals surface area contributed by atoms with Gasteiger partial charge in [-0.2, -0.15) is 0 Å². The third-order valence-electron chi connectivity index (χ3n) is 7.76. The van der Waals surface area contributed by atoms with E-state index >= 15 is 0 Å². The van der Waals surface area contributed by atoms with Crippen molar-refractivity contribution >= 4 is 87.0 Å². The number of hydrogen-bond acceptors (Lipinski definition) is 2. The highest BCUT2D eigenvalue weighted by Gasteiger charge is 2.18. The summed E-state index contributed by atoms with van der Waals surface area (Å²) < 4.78 is 13.2. The minimum absolute atomic E-state index is 0.870. The van der Waals surface area contributed by atoms with Crippen molar-refractivity contribution in [3.05, 3.63) is 109 Å². The van der Waals surface area contributed by atoms with Crippen molar-refractivity contribution in [1.82, 2.24) is 0 Å². The fourth-order valence-corrected chi connectivity index (χ4v) is 6.26. The first-order valence-electron chi connectivity index (χ1n) is 12.3. The fourth-order valence-electron chi connectivity index (χ4n) is 6.26. The van der Waals surface area contributed by atoms with Gasteiger partial charge in [0.2, 0.25) is 0 Å². The molecule has 2 heterocycles. The second-order valence-electron chi connectivity index (χ2n) is 9.70. The average Bonchev–Trinajstić information content (AvgIpc) is 2.92. The Hall–Kier alpha value is -4.82. The number of rotatable bonds is 0. The molecule has 0 aliphatic heterocycles. The van der Waals surface area contributed by atoms with E-state index in [0.29, 0.717) is 0 Å². The molecule has 9 aromatic rings.